The van der Waals surface area contributed by atoms with Crippen LogP contribution >= 0.6 is 0 Å². The number of rotatable bonds is 4. The van der Waals surface area contributed by atoms with Gasteiger partial charge < -0.3 is 20.1 Å². The molecule has 2 aromatic rings. The smallest absolute Gasteiger partial charge is 0.407 e. The Morgan fingerprint density at radius 1 is 1.07 bits per heavy atom. The zero-order valence-corrected chi connectivity index (χ0v) is 16.1. The van der Waals surface area contributed by atoms with Gasteiger partial charge in [-0.15, -0.1) is 0 Å². The molecular weight excluding hydrogens is 384 g/mol. The summed E-state index contributed by atoms with van der Waals surface area (Å²) in [6.45, 7) is 0.512. The summed E-state index contributed by atoms with van der Waals surface area (Å²) in [4.78, 5) is 36.0. The van der Waals surface area contributed by atoms with Gasteiger partial charge in [-0.05, 0) is 34.6 Å². The van der Waals surface area contributed by atoms with Crippen molar-refractivity contribution >= 4 is 18.0 Å². The summed E-state index contributed by atoms with van der Waals surface area (Å²) < 4.78 is 5.38. The maximum Gasteiger partial charge on any atom is 0.407 e. The van der Waals surface area contributed by atoms with Gasteiger partial charge in [0.05, 0.1) is 6.54 Å². The number of ether oxygens (including phenoxy) is 1. The SMILES string of the molecule is O=C(NCC#CC(=O)N1CCC1C(=O)O)OCC1c2ccccc2-c2ccccc21. The first-order valence-corrected chi connectivity index (χ1v) is 9.67. The van der Waals surface area contributed by atoms with Crippen LogP contribution in [-0.4, -0.2) is 53.7 Å². The van der Waals surface area contributed by atoms with E-state index in [1.165, 1.54) is 4.90 Å². The number of carboxylic acid groups (broad SMARTS) is 1. The van der Waals surface area contributed by atoms with Crippen LogP contribution < -0.4 is 5.32 Å². The van der Waals surface area contributed by atoms with Gasteiger partial charge in [-0.2, -0.15) is 0 Å². The van der Waals surface area contributed by atoms with Crippen molar-refractivity contribution in [2.75, 3.05) is 19.7 Å². The molecule has 1 atom stereocenters. The number of nitrogens with one attached hydrogen (secondary N) is 1. The number of amides is 2. The highest BCUT2D eigenvalue weighted by Crippen LogP contribution is 2.44. The van der Waals surface area contributed by atoms with Gasteiger partial charge in [0.2, 0.25) is 0 Å². The largest absolute Gasteiger partial charge is 0.480 e. The van der Waals surface area contributed by atoms with Gasteiger partial charge >= 0.3 is 12.1 Å². The lowest BCUT2D eigenvalue weighted by molar-refractivity contribution is -0.154. The van der Waals surface area contributed by atoms with E-state index in [2.05, 4.69) is 29.3 Å². The van der Waals surface area contributed by atoms with Gasteiger partial charge in [0, 0.05) is 12.5 Å². The van der Waals surface area contributed by atoms with Crippen molar-refractivity contribution in [2.45, 2.75) is 18.4 Å². The molecule has 4 rings (SSSR count). The first kappa shape index (κ1) is 19.5. The minimum absolute atomic E-state index is 0.0322. The lowest BCUT2D eigenvalue weighted by Gasteiger charge is -2.36. The molecule has 1 unspecified atom stereocenters. The summed E-state index contributed by atoms with van der Waals surface area (Å²) in [5, 5.41) is 11.4. The van der Waals surface area contributed by atoms with Crippen LogP contribution in [0.5, 0.6) is 0 Å². The second kappa shape index (κ2) is 8.29. The molecule has 2 N–H and O–H groups in total. The number of hydrogen-bond acceptors (Lipinski definition) is 4. The molecule has 0 radical (unpaired) electrons. The van der Waals surface area contributed by atoms with E-state index in [1.807, 2.05) is 36.4 Å². The van der Waals surface area contributed by atoms with E-state index >= 15 is 0 Å². The van der Waals surface area contributed by atoms with Crippen LogP contribution in [0.2, 0.25) is 0 Å². The maximum absolute atomic E-state index is 12.0. The highest BCUT2D eigenvalue weighted by molar-refractivity contribution is 5.97. The number of hydrogen-bond donors (Lipinski definition) is 2. The molecule has 0 bridgehead atoms. The van der Waals surface area contributed by atoms with Crippen LogP contribution in [0.1, 0.15) is 23.5 Å². The maximum atomic E-state index is 12.0. The molecule has 2 aromatic carbocycles. The van der Waals surface area contributed by atoms with E-state index in [0.717, 1.165) is 22.3 Å². The number of aliphatic carboxylic acids is 1. The molecule has 152 valence electrons. The molecule has 7 nitrogen and oxygen atoms in total. The average molecular weight is 404 g/mol. The van der Waals surface area contributed by atoms with Crippen molar-refractivity contribution in [3.63, 3.8) is 0 Å². The van der Waals surface area contributed by atoms with Crippen molar-refractivity contribution < 1.29 is 24.2 Å². The van der Waals surface area contributed by atoms with Gasteiger partial charge in [0.15, 0.2) is 0 Å². The van der Waals surface area contributed by atoms with E-state index < -0.39 is 24.0 Å². The molecule has 0 spiro atoms. The van der Waals surface area contributed by atoms with Crippen molar-refractivity contribution in [3.05, 3.63) is 59.7 Å². The van der Waals surface area contributed by atoms with Crippen LogP contribution in [0.3, 0.4) is 0 Å². The number of fused-ring (bicyclic) bond motifs is 3. The minimum Gasteiger partial charge on any atom is -0.480 e. The molecule has 0 aromatic heterocycles. The number of alkyl carbamates (subject to hydrolysis) is 1. The Kier molecular flexibility index (Phi) is 5.40. The Bertz CT molecular complexity index is 1020. The topological polar surface area (TPSA) is 95.9 Å². The highest BCUT2D eigenvalue weighted by Gasteiger charge is 2.36. The fourth-order valence-corrected chi connectivity index (χ4v) is 3.84. The molecule has 1 saturated heterocycles. The van der Waals surface area contributed by atoms with E-state index in [0.29, 0.717) is 13.0 Å². The first-order valence-electron chi connectivity index (χ1n) is 9.67. The fourth-order valence-electron chi connectivity index (χ4n) is 3.84. The molecular formula is C23H20N2O5. The number of carboxylic acids is 1. The van der Waals surface area contributed by atoms with Gasteiger partial charge in [-0.3, -0.25) is 4.79 Å². The Balaban J connectivity index is 1.29. The number of carbonyl (C=O) groups is 3. The van der Waals surface area contributed by atoms with Crippen LogP contribution in [0, 0.1) is 11.8 Å². The van der Waals surface area contributed by atoms with Crippen molar-refractivity contribution in [1.82, 2.24) is 10.2 Å². The Labute approximate surface area is 173 Å². The van der Waals surface area contributed by atoms with Crippen molar-refractivity contribution in [3.8, 4) is 23.0 Å². The molecule has 1 aliphatic carbocycles. The predicted molar refractivity (Wildman–Crippen MR) is 109 cm³/mol. The normalized spacial score (nSPS) is 16.4. The fraction of sp³-hybridized carbons (Fsp3) is 0.261. The van der Waals surface area contributed by atoms with Gasteiger partial charge in [0.1, 0.15) is 12.6 Å². The Morgan fingerprint density at radius 2 is 1.70 bits per heavy atom. The molecule has 30 heavy (non-hydrogen) atoms. The predicted octanol–water partition coefficient (Wildman–Crippen LogP) is 2.21. The summed E-state index contributed by atoms with van der Waals surface area (Å²) in [7, 11) is 0. The number of nitrogens with zero attached hydrogens (tertiary/aromatic N) is 1. The lowest BCUT2D eigenvalue weighted by Crippen LogP contribution is -2.54. The van der Waals surface area contributed by atoms with Crippen LogP contribution in [0.4, 0.5) is 4.79 Å². The average Bonchev–Trinajstić information content (AvgIpc) is 3.02. The van der Waals surface area contributed by atoms with Crippen molar-refractivity contribution in [2.24, 2.45) is 0 Å². The quantitative estimate of drug-likeness (QED) is 0.762. The third-order valence-electron chi connectivity index (χ3n) is 5.43. The van der Waals surface area contributed by atoms with Crippen LogP contribution in [-0.2, 0) is 14.3 Å². The molecule has 7 heteroatoms. The molecule has 1 fully saturated rings. The van der Waals surface area contributed by atoms with E-state index in [1.54, 1.807) is 0 Å². The lowest BCUT2D eigenvalue weighted by atomic mass is 9.98. The number of likely N-dealkylation sites (tertiary alicyclic amines) is 1. The first-order chi connectivity index (χ1) is 14.6. The number of benzene rings is 2. The standard InChI is InChI=1S/C23H20N2O5/c26-21(25-13-11-20(25)22(27)28)10-5-12-24-23(29)30-14-19-17-8-3-1-6-15(17)16-7-2-4-9-18(16)19/h1-4,6-9,19-20H,11-14H2,(H,24,29)(H,27,28). The van der Waals surface area contributed by atoms with Gasteiger partial charge in [0.25, 0.3) is 5.91 Å². The molecule has 1 heterocycles. The Hall–Kier alpha value is -3.79. The van der Waals surface area contributed by atoms with Crippen LogP contribution in [0.25, 0.3) is 11.1 Å². The second-order valence-corrected chi connectivity index (χ2v) is 7.12. The summed E-state index contributed by atoms with van der Waals surface area (Å²) in [5.41, 5.74) is 4.55. The summed E-state index contributed by atoms with van der Waals surface area (Å²) in [5.74, 6) is 3.27. The molecule has 1 aliphatic heterocycles. The zero-order valence-electron chi connectivity index (χ0n) is 16.1. The highest BCUT2D eigenvalue weighted by atomic mass is 16.5. The van der Waals surface area contributed by atoms with Gasteiger partial charge in [-0.25, -0.2) is 9.59 Å². The van der Waals surface area contributed by atoms with E-state index in [4.69, 9.17) is 9.84 Å². The van der Waals surface area contributed by atoms with E-state index in [-0.39, 0.29) is 19.1 Å². The molecule has 2 aliphatic rings. The minimum atomic E-state index is -1.03. The zero-order chi connectivity index (χ0) is 21.1. The van der Waals surface area contributed by atoms with E-state index in [9.17, 15) is 14.4 Å². The van der Waals surface area contributed by atoms with Crippen LogP contribution in [0.15, 0.2) is 48.5 Å². The Morgan fingerprint density at radius 3 is 2.27 bits per heavy atom. The van der Waals surface area contributed by atoms with Gasteiger partial charge in [-0.1, -0.05) is 54.5 Å². The number of carbonyl (C=O) groups excluding carboxylic acids is 2. The monoisotopic (exact) mass is 404 g/mol. The molecule has 2 amide bonds. The second-order valence-electron chi connectivity index (χ2n) is 7.12. The third kappa shape index (κ3) is 3.72. The van der Waals surface area contributed by atoms with Crippen molar-refractivity contribution in [1.29, 1.82) is 0 Å². The third-order valence-corrected chi connectivity index (χ3v) is 5.43. The summed E-state index contributed by atoms with van der Waals surface area (Å²) in [6, 6.07) is 15.3. The summed E-state index contributed by atoms with van der Waals surface area (Å²) >= 11 is 0. The molecule has 0 saturated carbocycles. The summed E-state index contributed by atoms with van der Waals surface area (Å²) in [6.07, 6.45) is -0.188.